The van der Waals surface area contributed by atoms with Crippen molar-refractivity contribution in [3.8, 4) is 0 Å². The molecule has 1 N–H and O–H groups in total. The Labute approximate surface area is 216 Å². The summed E-state index contributed by atoms with van der Waals surface area (Å²) in [7, 11) is -2.05. The first kappa shape index (κ1) is 26.8. The maximum absolute atomic E-state index is 13.6. The van der Waals surface area contributed by atoms with Gasteiger partial charge in [0.2, 0.25) is 10.0 Å². The first-order chi connectivity index (χ1) is 17.7. The molecule has 2 aliphatic heterocycles. The lowest BCUT2D eigenvalue weighted by molar-refractivity contribution is -0.139. The van der Waals surface area contributed by atoms with Gasteiger partial charge in [-0.15, -0.1) is 0 Å². The second kappa shape index (κ2) is 11.4. The maximum Gasteiger partial charge on any atom is 0.338 e. The Morgan fingerprint density at radius 2 is 1.76 bits per heavy atom. The molecule has 0 unspecified atom stereocenters. The van der Waals surface area contributed by atoms with Gasteiger partial charge in [0.1, 0.15) is 5.82 Å². The van der Waals surface area contributed by atoms with Crippen LogP contribution >= 0.6 is 0 Å². The van der Waals surface area contributed by atoms with Gasteiger partial charge in [-0.2, -0.15) is 4.31 Å². The summed E-state index contributed by atoms with van der Waals surface area (Å²) in [5.41, 5.74) is 1.30. The van der Waals surface area contributed by atoms with Gasteiger partial charge in [0.15, 0.2) is 0 Å². The molecule has 0 spiro atoms. The van der Waals surface area contributed by atoms with Gasteiger partial charge in [0.25, 0.3) is 0 Å². The summed E-state index contributed by atoms with van der Waals surface area (Å²) in [6.07, 6.45) is 0.589. The van der Waals surface area contributed by atoms with Crippen LogP contribution in [-0.2, 0) is 19.6 Å². The normalized spacial score (nSPS) is 19.9. The van der Waals surface area contributed by atoms with E-state index in [2.05, 4.69) is 5.32 Å². The summed E-state index contributed by atoms with van der Waals surface area (Å²) < 4.78 is 46.6. The van der Waals surface area contributed by atoms with E-state index < -0.39 is 33.9 Å². The average Bonchev–Trinajstić information content (AvgIpc) is 3.14. The number of urea groups is 1. The summed E-state index contributed by atoms with van der Waals surface area (Å²) in [5, 5.41) is 2.82. The molecule has 2 aliphatic rings. The number of benzene rings is 2. The third kappa shape index (κ3) is 5.84. The molecule has 37 heavy (non-hydrogen) atoms. The lowest BCUT2D eigenvalue weighted by Crippen LogP contribution is -2.49. The van der Waals surface area contributed by atoms with Crippen LogP contribution in [0.4, 0.5) is 9.18 Å². The van der Waals surface area contributed by atoms with E-state index in [9.17, 15) is 22.4 Å². The third-order valence-electron chi connectivity index (χ3n) is 6.58. The predicted molar refractivity (Wildman–Crippen MR) is 135 cm³/mol. The zero-order valence-electron chi connectivity index (χ0n) is 20.9. The molecule has 1 fully saturated rings. The van der Waals surface area contributed by atoms with E-state index in [1.165, 1.54) is 33.5 Å². The van der Waals surface area contributed by atoms with Crippen LogP contribution in [0, 0.1) is 5.82 Å². The van der Waals surface area contributed by atoms with Gasteiger partial charge in [-0.05, 0) is 49.7 Å². The molecule has 0 saturated carbocycles. The fourth-order valence-corrected chi connectivity index (χ4v) is 6.09. The first-order valence-corrected chi connectivity index (χ1v) is 13.6. The molecule has 11 heteroatoms. The van der Waals surface area contributed by atoms with Crippen molar-refractivity contribution in [2.45, 2.75) is 24.3 Å². The molecule has 0 aliphatic carbocycles. The molecule has 198 valence electrons. The monoisotopic (exact) mass is 530 g/mol. The smallest absolute Gasteiger partial charge is 0.338 e. The SMILES string of the molecule is CCOC(=O)C1=C(CN2CCCN(S(=O)(=O)c3ccccc3)CC2)N(C)C(=O)N[C@@H]1c1ccc(F)cc1. The summed E-state index contributed by atoms with van der Waals surface area (Å²) in [5.74, 6) is -0.994. The standard InChI is InChI=1S/C26H31FN4O5S/c1-3-36-25(32)23-22(29(2)26(33)28-24(23)19-10-12-20(27)13-11-19)18-30-14-7-15-31(17-16-30)37(34,35)21-8-5-4-6-9-21/h4-6,8-13,24H,3,7,14-18H2,1-2H3,(H,28,33)/t24-/m1/s1. The van der Waals surface area contributed by atoms with Crippen molar-refractivity contribution < 1.29 is 27.1 Å². The zero-order chi connectivity index (χ0) is 26.6. The van der Waals surface area contributed by atoms with Crippen LogP contribution in [-0.4, -0.2) is 80.9 Å². The molecule has 0 aromatic heterocycles. The number of halogens is 1. The van der Waals surface area contributed by atoms with Gasteiger partial charge < -0.3 is 10.1 Å². The number of rotatable bonds is 7. The molecule has 4 rings (SSSR count). The lowest BCUT2D eigenvalue weighted by atomic mass is 9.94. The number of ether oxygens (including phenoxy) is 1. The second-order valence-electron chi connectivity index (χ2n) is 8.92. The van der Waals surface area contributed by atoms with E-state index in [0.717, 1.165) is 0 Å². The second-order valence-corrected chi connectivity index (χ2v) is 10.9. The summed E-state index contributed by atoms with van der Waals surface area (Å²) in [4.78, 5) is 29.7. The van der Waals surface area contributed by atoms with Crippen molar-refractivity contribution >= 4 is 22.0 Å². The van der Waals surface area contributed by atoms with E-state index >= 15 is 0 Å². The Kier molecular flexibility index (Phi) is 8.25. The van der Waals surface area contributed by atoms with Gasteiger partial charge in [0.05, 0.1) is 23.1 Å². The average molecular weight is 531 g/mol. The molecular formula is C26H31FN4O5S. The van der Waals surface area contributed by atoms with Gasteiger partial charge in [0, 0.05) is 38.9 Å². The molecule has 2 aromatic carbocycles. The highest BCUT2D eigenvalue weighted by atomic mass is 32.2. The molecule has 2 aromatic rings. The van der Waals surface area contributed by atoms with E-state index in [4.69, 9.17) is 4.74 Å². The molecule has 0 radical (unpaired) electrons. The van der Waals surface area contributed by atoms with Crippen LogP contribution in [0.2, 0.25) is 0 Å². The number of nitrogens with zero attached hydrogens (tertiary/aromatic N) is 3. The predicted octanol–water partition coefficient (Wildman–Crippen LogP) is 2.74. The van der Waals surface area contributed by atoms with Crippen LogP contribution in [0.1, 0.15) is 24.9 Å². The summed E-state index contributed by atoms with van der Waals surface area (Å²) in [6.45, 7) is 3.74. The van der Waals surface area contributed by atoms with Crippen molar-refractivity contribution in [3.05, 3.63) is 77.2 Å². The minimum absolute atomic E-state index is 0.152. The number of hydrogen-bond acceptors (Lipinski definition) is 6. The molecule has 2 amide bonds. The van der Waals surface area contributed by atoms with Crippen LogP contribution < -0.4 is 5.32 Å². The van der Waals surface area contributed by atoms with E-state index in [0.29, 0.717) is 37.3 Å². The first-order valence-electron chi connectivity index (χ1n) is 12.2. The topological polar surface area (TPSA) is 99.3 Å². The van der Waals surface area contributed by atoms with Crippen LogP contribution in [0.3, 0.4) is 0 Å². The van der Waals surface area contributed by atoms with Crippen molar-refractivity contribution in [1.82, 2.24) is 19.4 Å². The Bertz CT molecular complexity index is 1270. The van der Waals surface area contributed by atoms with Crippen molar-refractivity contribution in [2.24, 2.45) is 0 Å². The zero-order valence-corrected chi connectivity index (χ0v) is 21.7. The Hall–Kier alpha value is -3.28. The molecule has 9 nitrogen and oxygen atoms in total. The number of sulfonamides is 1. The fourth-order valence-electron chi connectivity index (χ4n) is 4.60. The highest BCUT2D eigenvalue weighted by Gasteiger charge is 2.38. The minimum atomic E-state index is -3.63. The van der Waals surface area contributed by atoms with Crippen LogP contribution in [0.15, 0.2) is 70.8 Å². The van der Waals surface area contributed by atoms with Crippen LogP contribution in [0.25, 0.3) is 0 Å². The van der Waals surface area contributed by atoms with E-state index in [1.54, 1.807) is 44.3 Å². The van der Waals surface area contributed by atoms with Gasteiger partial charge >= 0.3 is 12.0 Å². The number of amides is 2. The van der Waals surface area contributed by atoms with E-state index in [1.807, 2.05) is 4.90 Å². The molecule has 1 saturated heterocycles. The summed E-state index contributed by atoms with van der Waals surface area (Å²) >= 11 is 0. The maximum atomic E-state index is 13.6. The molecule has 0 bridgehead atoms. The van der Waals surface area contributed by atoms with Gasteiger partial charge in [-0.3, -0.25) is 9.80 Å². The highest BCUT2D eigenvalue weighted by molar-refractivity contribution is 7.89. The number of hydrogen-bond donors (Lipinski definition) is 1. The molecular weight excluding hydrogens is 499 g/mol. The Morgan fingerprint density at radius 3 is 2.43 bits per heavy atom. The van der Waals surface area contributed by atoms with Crippen molar-refractivity contribution in [2.75, 3.05) is 46.4 Å². The molecule has 1 atom stereocenters. The number of carbonyl (C=O) groups is 2. The van der Waals surface area contributed by atoms with Crippen LogP contribution in [0.5, 0.6) is 0 Å². The number of esters is 1. The van der Waals surface area contributed by atoms with Gasteiger partial charge in [-0.1, -0.05) is 30.3 Å². The van der Waals surface area contributed by atoms with E-state index in [-0.39, 0.29) is 30.2 Å². The lowest BCUT2D eigenvalue weighted by Gasteiger charge is -2.36. The quantitative estimate of drug-likeness (QED) is 0.553. The number of carbonyl (C=O) groups excluding carboxylic acids is 2. The van der Waals surface area contributed by atoms with Crippen molar-refractivity contribution in [1.29, 1.82) is 0 Å². The minimum Gasteiger partial charge on any atom is -0.463 e. The number of likely N-dealkylation sites (N-methyl/N-ethyl adjacent to an activating group) is 1. The fraction of sp³-hybridized carbons (Fsp3) is 0.385. The Balaban J connectivity index is 1.62. The third-order valence-corrected chi connectivity index (χ3v) is 8.49. The van der Waals surface area contributed by atoms with Crippen molar-refractivity contribution in [3.63, 3.8) is 0 Å². The Morgan fingerprint density at radius 1 is 1.05 bits per heavy atom. The number of nitrogens with one attached hydrogen (secondary N) is 1. The van der Waals surface area contributed by atoms with Gasteiger partial charge in [-0.25, -0.2) is 22.4 Å². The largest absolute Gasteiger partial charge is 0.463 e. The highest BCUT2D eigenvalue weighted by Crippen LogP contribution is 2.32. The molecule has 2 heterocycles. The summed E-state index contributed by atoms with van der Waals surface area (Å²) in [6, 6.07) is 12.7.